The molecule has 3 N–H and O–H groups in total. The van der Waals surface area contributed by atoms with Crippen LogP contribution < -0.4 is 5.73 Å². The van der Waals surface area contributed by atoms with Gasteiger partial charge in [0.05, 0.1) is 24.6 Å². The van der Waals surface area contributed by atoms with Crippen molar-refractivity contribution in [2.45, 2.75) is 32.0 Å². The fourth-order valence-corrected chi connectivity index (χ4v) is 3.08. The molecule has 3 rings (SSSR count). The first-order valence-electron chi connectivity index (χ1n) is 9.30. The smallest absolute Gasteiger partial charge is 0.269 e. The van der Waals surface area contributed by atoms with Gasteiger partial charge in [0.25, 0.3) is 5.91 Å². The number of aliphatic hydroxyl groups is 1. The molecule has 1 aliphatic rings. The minimum atomic E-state index is -1.23. The minimum Gasteiger partial charge on any atom is -0.378 e. The first-order chi connectivity index (χ1) is 13.8. The Morgan fingerprint density at radius 1 is 1.52 bits per heavy atom. The highest BCUT2D eigenvalue weighted by molar-refractivity contribution is 5.92. The summed E-state index contributed by atoms with van der Waals surface area (Å²) < 4.78 is 7.16. The van der Waals surface area contributed by atoms with Crippen LogP contribution in [0.15, 0.2) is 24.3 Å². The number of primary amides is 1. The Morgan fingerprint density at radius 2 is 2.31 bits per heavy atom. The molecule has 2 heterocycles. The van der Waals surface area contributed by atoms with E-state index in [0.29, 0.717) is 44.6 Å². The Kier molecular flexibility index (Phi) is 6.01. The number of aromatic nitrogens is 2. The maximum atomic E-state index is 11.7. The molecule has 0 radical (unpaired) electrons. The normalized spacial score (nSPS) is 14.9. The van der Waals surface area contributed by atoms with Gasteiger partial charge in [-0.2, -0.15) is 5.10 Å². The van der Waals surface area contributed by atoms with Crippen molar-refractivity contribution in [1.82, 2.24) is 14.7 Å². The molecular weight excluding hydrogens is 372 g/mol. The molecule has 0 saturated carbocycles. The number of fused-ring (bicyclic) bond motifs is 1. The van der Waals surface area contributed by atoms with Crippen LogP contribution in [0.3, 0.4) is 0 Å². The summed E-state index contributed by atoms with van der Waals surface area (Å²) in [4.78, 5) is 23.9. The van der Waals surface area contributed by atoms with Crippen LogP contribution in [0.1, 0.15) is 40.7 Å². The molecule has 152 valence electrons. The monoisotopic (exact) mass is 396 g/mol. The molecule has 1 aromatic heterocycles. The maximum absolute atomic E-state index is 11.7. The number of carbonyl (C=O) groups is 2. The van der Waals surface area contributed by atoms with Crippen molar-refractivity contribution in [2.24, 2.45) is 5.73 Å². The van der Waals surface area contributed by atoms with E-state index in [1.807, 2.05) is 24.3 Å². The van der Waals surface area contributed by atoms with E-state index in [1.165, 1.54) is 4.90 Å². The molecule has 0 spiro atoms. The zero-order valence-electron chi connectivity index (χ0n) is 16.5. The zero-order valence-corrected chi connectivity index (χ0v) is 16.5. The summed E-state index contributed by atoms with van der Waals surface area (Å²) in [5.74, 6) is 5.26. The predicted molar refractivity (Wildman–Crippen MR) is 106 cm³/mol. The van der Waals surface area contributed by atoms with Crippen molar-refractivity contribution in [3.05, 3.63) is 46.8 Å². The molecule has 2 amide bonds. The summed E-state index contributed by atoms with van der Waals surface area (Å²) in [5, 5.41) is 14.8. The van der Waals surface area contributed by atoms with Crippen molar-refractivity contribution in [3.8, 4) is 17.5 Å². The van der Waals surface area contributed by atoms with Crippen molar-refractivity contribution in [2.75, 3.05) is 20.2 Å². The molecule has 29 heavy (non-hydrogen) atoms. The highest BCUT2D eigenvalue weighted by Gasteiger charge is 2.25. The van der Waals surface area contributed by atoms with E-state index in [2.05, 4.69) is 16.9 Å². The van der Waals surface area contributed by atoms with Crippen LogP contribution in [0, 0.1) is 11.8 Å². The van der Waals surface area contributed by atoms with E-state index in [4.69, 9.17) is 10.5 Å². The molecule has 0 bridgehead atoms. The maximum Gasteiger partial charge on any atom is 0.269 e. The van der Waals surface area contributed by atoms with Gasteiger partial charge >= 0.3 is 0 Å². The number of rotatable bonds is 6. The van der Waals surface area contributed by atoms with Crippen molar-refractivity contribution < 1.29 is 19.4 Å². The first-order valence-corrected chi connectivity index (χ1v) is 9.30. The lowest BCUT2D eigenvalue weighted by Crippen LogP contribution is -2.29. The van der Waals surface area contributed by atoms with E-state index in [9.17, 15) is 14.7 Å². The molecule has 8 heteroatoms. The zero-order chi connectivity index (χ0) is 21.0. The van der Waals surface area contributed by atoms with Crippen LogP contribution in [-0.4, -0.2) is 57.9 Å². The summed E-state index contributed by atoms with van der Waals surface area (Å²) in [6.45, 7) is 2.88. The highest BCUT2D eigenvalue weighted by Crippen LogP contribution is 2.24. The number of hydrogen-bond acceptors (Lipinski definition) is 5. The van der Waals surface area contributed by atoms with Crippen molar-refractivity contribution in [1.29, 1.82) is 0 Å². The minimum absolute atomic E-state index is 0.221. The second-order valence-corrected chi connectivity index (χ2v) is 7.26. The molecule has 0 fully saturated rings. The Balaban J connectivity index is 1.88. The number of carbonyl (C=O) groups excluding carboxylic acids is 2. The van der Waals surface area contributed by atoms with E-state index >= 15 is 0 Å². The number of nitrogens with zero attached hydrogens (tertiary/aromatic N) is 3. The molecular formula is C21H24N4O4. The highest BCUT2D eigenvalue weighted by atomic mass is 16.5. The molecule has 0 aliphatic carbocycles. The van der Waals surface area contributed by atoms with Gasteiger partial charge in [0, 0.05) is 37.6 Å². The van der Waals surface area contributed by atoms with E-state index < -0.39 is 11.5 Å². The fraction of sp³-hybridized carbons (Fsp3) is 0.381. The Bertz CT molecular complexity index is 984. The number of amides is 2. The second kappa shape index (κ2) is 8.47. The number of benzene rings is 1. The van der Waals surface area contributed by atoms with Gasteiger partial charge < -0.3 is 20.5 Å². The standard InChI is InChI=1S/C21H24N4O4/c1-21(28,9-10-24(2)14-26)8-6-15-4-3-5-16(12-15)25-18-7-11-29-13-17(18)19(23-25)20(22)27/h3-5,12,14,28H,7,9-11,13H2,1-2H3,(H2,22,27)/t21-/m0/s1. The van der Waals surface area contributed by atoms with Crippen molar-refractivity contribution in [3.63, 3.8) is 0 Å². The SMILES string of the molecule is CN(C=O)CC[C@@](C)(O)C#Cc1cccc(-n2nc(C(N)=O)c3c2CCOC3)c1. The summed E-state index contributed by atoms with van der Waals surface area (Å²) in [6.07, 6.45) is 1.68. The number of hydrogen-bond donors (Lipinski definition) is 2. The fourth-order valence-electron chi connectivity index (χ4n) is 3.08. The Hall–Kier alpha value is -3.15. The van der Waals surface area contributed by atoms with Gasteiger partial charge in [-0.25, -0.2) is 4.68 Å². The quantitative estimate of drug-likeness (QED) is 0.549. The third kappa shape index (κ3) is 4.83. The van der Waals surface area contributed by atoms with Gasteiger partial charge in [-0.05, 0) is 25.1 Å². The van der Waals surface area contributed by atoms with Gasteiger partial charge in [0.1, 0.15) is 5.60 Å². The molecule has 8 nitrogen and oxygen atoms in total. The van der Waals surface area contributed by atoms with Crippen LogP contribution in [0.25, 0.3) is 5.69 Å². The van der Waals surface area contributed by atoms with Gasteiger partial charge in [-0.3, -0.25) is 9.59 Å². The number of ether oxygens (including phenoxy) is 1. The largest absolute Gasteiger partial charge is 0.378 e. The summed E-state index contributed by atoms with van der Waals surface area (Å²) >= 11 is 0. The van der Waals surface area contributed by atoms with Gasteiger partial charge in [0.2, 0.25) is 6.41 Å². The average molecular weight is 396 g/mol. The Labute approximate surface area is 169 Å². The molecule has 0 unspecified atom stereocenters. The lowest BCUT2D eigenvalue weighted by molar-refractivity contribution is -0.117. The third-order valence-electron chi connectivity index (χ3n) is 4.75. The summed E-state index contributed by atoms with van der Waals surface area (Å²) in [5.41, 5.74) is 7.54. The van der Waals surface area contributed by atoms with Crippen LogP contribution in [0.4, 0.5) is 0 Å². The van der Waals surface area contributed by atoms with E-state index in [1.54, 1.807) is 18.7 Å². The average Bonchev–Trinajstić information content (AvgIpc) is 3.11. The first kappa shape index (κ1) is 20.6. The molecule has 2 aromatic rings. The van der Waals surface area contributed by atoms with Gasteiger partial charge in [-0.1, -0.05) is 17.9 Å². The molecule has 0 saturated heterocycles. The van der Waals surface area contributed by atoms with Crippen molar-refractivity contribution >= 4 is 12.3 Å². The van der Waals surface area contributed by atoms with Gasteiger partial charge in [0.15, 0.2) is 5.69 Å². The summed E-state index contributed by atoms with van der Waals surface area (Å²) in [7, 11) is 1.65. The topological polar surface area (TPSA) is 111 Å². The molecule has 1 aliphatic heterocycles. The predicted octanol–water partition coefficient (Wildman–Crippen LogP) is 0.625. The lowest BCUT2D eigenvalue weighted by atomic mass is 10.0. The van der Waals surface area contributed by atoms with Crippen LogP contribution in [0.2, 0.25) is 0 Å². The molecule has 1 aromatic carbocycles. The Morgan fingerprint density at radius 3 is 3.03 bits per heavy atom. The lowest BCUT2D eigenvalue weighted by Gasteiger charge is -2.19. The second-order valence-electron chi connectivity index (χ2n) is 7.26. The third-order valence-corrected chi connectivity index (χ3v) is 4.75. The summed E-state index contributed by atoms with van der Waals surface area (Å²) in [6, 6.07) is 7.38. The molecule has 1 atom stereocenters. The van der Waals surface area contributed by atoms with Crippen LogP contribution in [-0.2, 0) is 22.6 Å². The van der Waals surface area contributed by atoms with Gasteiger partial charge in [-0.15, -0.1) is 0 Å². The van der Waals surface area contributed by atoms with Crippen LogP contribution in [0.5, 0.6) is 0 Å². The van der Waals surface area contributed by atoms with E-state index in [0.717, 1.165) is 16.9 Å². The van der Waals surface area contributed by atoms with Crippen LogP contribution >= 0.6 is 0 Å². The van der Waals surface area contributed by atoms with E-state index in [-0.39, 0.29) is 5.69 Å². The number of nitrogens with two attached hydrogens (primary N) is 1.